The van der Waals surface area contributed by atoms with Crippen molar-refractivity contribution in [3.05, 3.63) is 0 Å². The molecule has 0 aromatic heterocycles. The molecule has 0 amide bonds. The predicted molar refractivity (Wildman–Crippen MR) is 369 cm³/mol. The summed E-state index contributed by atoms with van der Waals surface area (Å²) in [4.78, 5) is 0. The molecular weight excluding hydrogens is 2020 g/mol. The molecule has 2 aliphatic rings. The lowest BCUT2D eigenvalue weighted by Gasteiger charge is -2.47. The van der Waals surface area contributed by atoms with E-state index in [2.05, 4.69) is 38.2 Å². The Labute approximate surface area is 791 Å². The summed E-state index contributed by atoms with van der Waals surface area (Å²) in [6, 6.07) is 0. The van der Waals surface area contributed by atoms with Gasteiger partial charge in [-0.15, -0.1) is 0 Å². The van der Waals surface area contributed by atoms with Gasteiger partial charge in [-0.3, -0.25) is 29.3 Å². The molecule has 2 rings (SSSR count). The maximum absolute atomic E-state index is 11.6. The van der Waals surface area contributed by atoms with Gasteiger partial charge in [0.1, 0.15) is 24.9 Å². The van der Waals surface area contributed by atoms with Crippen molar-refractivity contribution in [3.8, 4) is 0 Å². The standard InChI is InChI=1S/C11H20O35S8.16Al.40H2O/c12-47(13,14)36-1-3-4(41-49(18,19)20)5(42-50(21,22)23)6(43-51(24,25)26)9(38-3)39-11(2-37-48(15,16)17)8(45-53(30,31)32)7(44-52(27,28)29)10(40-11)46-54(33,34)35;;;;;;;;;;;;;;;;;;;;;;;;;;;;;;;;;;;;;;;;;;;;;;;;;;;;;;;;/h3-10H,1-2H2,(H,12,13,14)(H,15,16,17)(H,18,19,20)(H,21,22,23)(H,24,25,26)(H,27,28,29)(H,30,31,32)(H,33,34,35);;;;;;;;;;;;;;;;;40*1H2/p-8/t3-,4-,5+,6-,7+,8+,9+,10-,11-;;;;;;;;;;;;;;;;;;;;;;;;;;;;;;;;;;;;;;;;;;;;;;;;;;;;;;;;/m1......................................................../s1. The molecule has 9 atom stereocenters. The van der Waals surface area contributed by atoms with Gasteiger partial charge in [0.2, 0.25) is 95.3 Å². The third-order valence-corrected chi connectivity index (χ3v) is 8.89. The predicted octanol–water partition coefficient (Wildman–Crippen LogP) is -48.6. The second-order valence-electron chi connectivity index (χ2n) is 9.13. The number of hydrogen-bond acceptors (Lipinski definition) is 35. The van der Waals surface area contributed by atoms with Crippen molar-refractivity contribution >= 4 is 361 Å². The molecular formula is C11H92Al16O75S8-8. The van der Waals surface area contributed by atoms with Gasteiger partial charge in [0, 0.05) is 278 Å². The van der Waals surface area contributed by atoms with Gasteiger partial charge in [0.25, 0.3) is 0 Å². The van der Waals surface area contributed by atoms with Crippen LogP contribution in [0.1, 0.15) is 0 Å². The normalized spacial score (nSPS) is 15.2. The molecule has 0 bridgehead atoms. The maximum Gasteiger partial charge on any atom is 0.229 e. The van der Waals surface area contributed by atoms with Crippen LogP contribution in [0.2, 0.25) is 0 Å². The average Bonchev–Trinajstić information content (AvgIpc) is 3.10. The first-order valence-corrected chi connectivity index (χ1v) is 22.4. The zero-order valence-electron chi connectivity index (χ0n) is 53.3. The summed E-state index contributed by atoms with van der Waals surface area (Å²) in [6.07, 6.45) is -28.8. The minimum Gasteiger partial charge on any atom is -0.726 e. The molecule has 110 heavy (non-hydrogen) atoms. The van der Waals surface area contributed by atoms with E-state index in [9.17, 15) is 104 Å². The van der Waals surface area contributed by atoms with Crippen LogP contribution in [0.5, 0.6) is 0 Å². The summed E-state index contributed by atoms with van der Waals surface area (Å²) >= 11 is 0. The lowest BCUT2D eigenvalue weighted by molar-refractivity contribution is -0.380. The van der Waals surface area contributed by atoms with Crippen molar-refractivity contribution in [1.82, 2.24) is 0 Å². The lowest BCUT2D eigenvalue weighted by atomic mass is 9.99. The molecule has 0 aliphatic carbocycles. The van der Waals surface area contributed by atoms with Crippen LogP contribution in [0.3, 0.4) is 0 Å². The monoisotopic (exact) mass is 2110 g/mol. The molecule has 0 saturated carbocycles. The van der Waals surface area contributed by atoms with Crippen molar-refractivity contribution in [2.24, 2.45) is 0 Å². The molecule has 99 heteroatoms. The number of hydrogen-bond donors (Lipinski definition) is 0. The Balaban J connectivity index is -0.0000000102. The Kier molecular flexibility index (Phi) is 596. The van der Waals surface area contributed by atoms with Crippen molar-refractivity contribution in [2.75, 3.05) is 13.2 Å². The zero-order valence-corrected chi connectivity index (χ0v) is 78.3. The van der Waals surface area contributed by atoms with Gasteiger partial charge in [0.15, 0.2) is 24.6 Å². The largest absolute Gasteiger partial charge is 0.726 e. The van der Waals surface area contributed by atoms with E-state index in [4.69, 9.17) is 9.47 Å². The highest BCUT2D eigenvalue weighted by Crippen LogP contribution is 2.43. The van der Waals surface area contributed by atoms with E-state index in [1.54, 1.807) is 0 Å². The highest BCUT2D eigenvalue weighted by atomic mass is 32.3. The summed E-state index contributed by atoms with van der Waals surface area (Å²) < 4.78 is 318. The molecule has 690 valence electrons. The summed E-state index contributed by atoms with van der Waals surface area (Å²) in [5, 5.41) is 0. The SMILES string of the molecule is O.O.O.O.O.O.O.O.O.O.O.O.O.O.O.O.O.O.O.O.O.O.O.O.O.O.O.O.O.O.O.O.O.O.O.O.O.O.O.O.O=S(=O)([O-])OC[C@H]1O[C@@H](O[C@]2(COS(=O)(=O)[O-])O[C@H](OS(=O)(=O)[O-])[C@@H](OS(=O)(=O)[O-])[C@@H]2OS(=O)(=O)[O-])[C@H](OS(=O)(=O)[O-])[C@@H](OS(=O)(=O)[O-])[C@@H]1OS(=O)(=O)[O-].[Al].[Al].[Al].[Al].[Al].[Al].[Al].[Al].[Al].[Al].[Al].[Al].[Al].[Al].[Al].[Al]. The van der Waals surface area contributed by atoms with Gasteiger partial charge in [-0.05, 0) is 0 Å². The molecule has 0 spiro atoms. The van der Waals surface area contributed by atoms with E-state index >= 15 is 0 Å². The molecule has 0 aromatic carbocycles. The van der Waals surface area contributed by atoms with Crippen LogP contribution in [0.4, 0.5) is 0 Å². The lowest BCUT2D eigenvalue weighted by Crippen LogP contribution is -2.65. The molecule has 2 saturated heterocycles. The fourth-order valence-electron chi connectivity index (χ4n) is 3.99. The molecule has 48 radical (unpaired) electrons. The van der Waals surface area contributed by atoms with E-state index in [1.807, 2.05) is 0 Å². The van der Waals surface area contributed by atoms with Gasteiger partial charge >= 0.3 is 0 Å². The van der Waals surface area contributed by atoms with Crippen molar-refractivity contribution in [1.29, 1.82) is 0 Å². The smallest absolute Gasteiger partial charge is 0.229 e. The average molecular weight is 2110 g/mol. The van der Waals surface area contributed by atoms with E-state index in [-0.39, 0.29) is 497 Å². The Bertz CT molecular complexity index is 2340. The van der Waals surface area contributed by atoms with Crippen LogP contribution in [0, 0.1) is 0 Å². The first-order chi connectivity index (χ1) is 23.7. The minimum atomic E-state index is -6.63. The van der Waals surface area contributed by atoms with Gasteiger partial charge in [-0.1, -0.05) is 0 Å². The first kappa shape index (κ1) is 413. The van der Waals surface area contributed by atoms with Crippen LogP contribution >= 0.6 is 0 Å². The van der Waals surface area contributed by atoms with E-state index in [0.717, 1.165) is 0 Å². The van der Waals surface area contributed by atoms with Crippen LogP contribution in [-0.2, 0) is 131 Å². The Hall–Kier alpha value is 5.76. The molecule has 2 aliphatic heterocycles. The van der Waals surface area contributed by atoms with Gasteiger partial charge in [-0.2, -0.15) is 0 Å². The van der Waals surface area contributed by atoms with Crippen molar-refractivity contribution < 1.29 is 370 Å². The second-order valence-corrected chi connectivity index (χ2v) is 17.3. The second kappa shape index (κ2) is 159. The number of rotatable bonds is 20. The first-order valence-electron chi connectivity index (χ1n) is 11.7. The molecule has 75 nitrogen and oxygen atoms in total. The van der Waals surface area contributed by atoms with Gasteiger partial charge in [0.05, 0.1) is 6.61 Å². The van der Waals surface area contributed by atoms with Gasteiger partial charge in [-0.25, -0.2) is 71.5 Å². The van der Waals surface area contributed by atoms with Crippen molar-refractivity contribution in [3.63, 3.8) is 0 Å². The van der Waals surface area contributed by atoms with Crippen LogP contribution in [-0.4, -0.2) is 669 Å². The summed E-state index contributed by atoms with van der Waals surface area (Å²) in [7, 11) is -51.5. The van der Waals surface area contributed by atoms with Gasteiger partial charge < -0.3 is 270 Å². The topological polar surface area (TPSA) is 1820 Å². The van der Waals surface area contributed by atoms with E-state index < -0.39 is 151 Å². The Morgan fingerprint density at radius 3 is 0.618 bits per heavy atom. The molecule has 0 unspecified atom stereocenters. The Morgan fingerprint density at radius 2 is 0.418 bits per heavy atom. The number of ether oxygens (including phenoxy) is 3. The van der Waals surface area contributed by atoms with Crippen molar-refractivity contribution in [2.45, 2.75) is 55.0 Å². The quantitative estimate of drug-likeness (QED) is 0.0620. The summed E-state index contributed by atoms with van der Waals surface area (Å²) in [5.41, 5.74) is 0. The molecule has 0 aromatic rings. The molecule has 80 N–H and O–H groups in total. The van der Waals surface area contributed by atoms with Crippen LogP contribution in [0.25, 0.3) is 0 Å². The molecule has 2 heterocycles. The Morgan fingerprint density at radius 1 is 0.227 bits per heavy atom. The van der Waals surface area contributed by atoms with Crippen LogP contribution in [0.15, 0.2) is 0 Å². The zero-order chi connectivity index (χ0) is 42.3. The van der Waals surface area contributed by atoms with Crippen LogP contribution < -0.4 is 0 Å². The van der Waals surface area contributed by atoms with E-state index in [0.29, 0.717) is 0 Å². The van der Waals surface area contributed by atoms with E-state index in [1.165, 1.54) is 0 Å². The summed E-state index contributed by atoms with van der Waals surface area (Å²) in [6.45, 7) is -4.79. The summed E-state index contributed by atoms with van der Waals surface area (Å²) in [5.74, 6) is -4.46. The highest BCUT2D eigenvalue weighted by Gasteiger charge is 2.65. The highest BCUT2D eigenvalue weighted by molar-refractivity contribution is 7.82. The minimum absolute atomic E-state index is 0. The maximum atomic E-state index is 11.6. The fourth-order valence-corrected chi connectivity index (χ4v) is 7.43. The molecule has 2 fully saturated rings. The third kappa shape index (κ3) is 168. The fraction of sp³-hybridized carbons (Fsp3) is 1.00. The third-order valence-electron chi connectivity index (χ3n) is 5.35.